The zero-order chi connectivity index (χ0) is 18.0. The fraction of sp³-hybridized carbons (Fsp3) is 0.600. The lowest BCUT2D eigenvalue weighted by atomic mass is 9.96. The van der Waals surface area contributed by atoms with Crippen LogP contribution >= 0.6 is 12.4 Å². The number of likely N-dealkylation sites (tertiary alicyclic amines) is 1. The van der Waals surface area contributed by atoms with Crippen LogP contribution in [0.15, 0.2) is 24.3 Å². The summed E-state index contributed by atoms with van der Waals surface area (Å²) in [5, 5.41) is 0. The Balaban J connectivity index is 0.00000243. The molecule has 2 N–H and O–H groups in total. The molecule has 0 bridgehead atoms. The van der Waals surface area contributed by atoms with Crippen LogP contribution in [0.3, 0.4) is 0 Å². The Morgan fingerprint density at radius 3 is 2.58 bits per heavy atom. The Labute approximate surface area is 162 Å². The summed E-state index contributed by atoms with van der Waals surface area (Å²) in [6, 6.07) is 8.29. The van der Waals surface area contributed by atoms with Crippen molar-refractivity contribution in [3.8, 4) is 0 Å². The number of para-hydroxylation sites is 1. The lowest BCUT2D eigenvalue weighted by Gasteiger charge is -2.32. The molecule has 6 heteroatoms. The minimum absolute atomic E-state index is 0. The van der Waals surface area contributed by atoms with Gasteiger partial charge in [-0.25, -0.2) is 0 Å². The second-order valence-corrected chi connectivity index (χ2v) is 7.44. The van der Waals surface area contributed by atoms with Gasteiger partial charge in [0, 0.05) is 37.8 Å². The highest BCUT2D eigenvalue weighted by atomic mass is 35.5. The number of hydrogen-bond donors (Lipinski definition) is 1. The molecule has 1 aromatic rings. The van der Waals surface area contributed by atoms with Gasteiger partial charge in [-0.05, 0) is 36.8 Å². The molecule has 0 radical (unpaired) electrons. The van der Waals surface area contributed by atoms with Crippen molar-refractivity contribution in [2.75, 3.05) is 24.5 Å². The van der Waals surface area contributed by atoms with Gasteiger partial charge in [-0.1, -0.05) is 32.0 Å². The molecule has 0 aliphatic carbocycles. The number of hydrogen-bond acceptors (Lipinski definition) is 3. The highest BCUT2D eigenvalue weighted by molar-refractivity contribution is 6.00. The quantitative estimate of drug-likeness (QED) is 0.874. The number of halogens is 1. The Bertz CT molecular complexity index is 644. The Morgan fingerprint density at radius 2 is 1.92 bits per heavy atom. The number of benzene rings is 1. The van der Waals surface area contributed by atoms with Gasteiger partial charge in [-0.2, -0.15) is 0 Å². The van der Waals surface area contributed by atoms with Crippen molar-refractivity contribution in [1.82, 2.24) is 4.90 Å². The van der Waals surface area contributed by atoms with Crippen LogP contribution in [0.1, 0.15) is 51.0 Å². The zero-order valence-electron chi connectivity index (χ0n) is 15.7. The van der Waals surface area contributed by atoms with E-state index in [4.69, 9.17) is 5.73 Å². The maximum absolute atomic E-state index is 12.8. The first-order valence-electron chi connectivity index (χ1n) is 9.45. The van der Waals surface area contributed by atoms with E-state index >= 15 is 0 Å². The number of rotatable bonds is 4. The molecule has 2 saturated heterocycles. The molecule has 0 aromatic heterocycles. The molecule has 3 rings (SSSR count). The van der Waals surface area contributed by atoms with Crippen LogP contribution in [0.25, 0.3) is 0 Å². The van der Waals surface area contributed by atoms with E-state index in [9.17, 15) is 9.59 Å². The highest BCUT2D eigenvalue weighted by Gasteiger charge is 2.38. The standard InChI is InChI=1S/C20H29N3O2.ClH/c1-3-14(2)17-6-4-5-7-18(17)23-13-15(12-19(23)24)20(25)22-10-8-16(21)9-11-22;/h4-7,14-16H,3,8-13,21H2,1-2H3;1H. The second kappa shape index (κ2) is 8.87. The minimum Gasteiger partial charge on any atom is -0.342 e. The van der Waals surface area contributed by atoms with Crippen molar-refractivity contribution in [3.63, 3.8) is 0 Å². The molecule has 5 nitrogen and oxygen atoms in total. The maximum Gasteiger partial charge on any atom is 0.228 e. The number of nitrogens with two attached hydrogens (primary N) is 1. The molecule has 2 heterocycles. The van der Waals surface area contributed by atoms with Gasteiger partial charge in [0.25, 0.3) is 0 Å². The molecule has 2 unspecified atom stereocenters. The summed E-state index contributed by atoms with van der Waals surface area (Å²) in [4.78, 5) is 29.1. The Morgan fingerprint density at radius 1 is 1.27 bits per heavy atom. The molecule has 2 fully saturated rings. The summed E-state index contributed by atoms with van der Waals surface area (Å²) < 4.78 is 0. The number of carbonyl (C=O) groups excluding carboxylic acids is 2. The largest absolute Gasteiger partial charge is 0.342 e. The topological polar surface area (TPSA) is 66.6 Å². The fourth-order valence-electron chi connectivity index (χ4n) is 3.85. The van der Waals surface area contributed by atoms with Crippen molar-refractivity contribution in [2.24, 2.45) is 11.7 Å². The molecular formula is C20H30ClN3O2. The summed E-state index contributed by atoms with van der Waals surface area (Å²) in [6.45, 7) is 6.26. The predicted molar refractivity (Wildman–Crippen MR) is 107 cm³/mol. The number of anilines is 1. The fourth-order valence-corrected chi connectivity index (χ4v) is 3.85. The minimum atomic E-state index is -0.230. The van der Waals surface area contributed by atoms with Crippen LogP contribution in [0.4, 0.5) is 5.69 Å². The summed E-state index contributed by atoms with van der Waals surface area (Å²) in [5.74, 6) is 0.334. The predicted octanol–water partition coefficient (Wildman–Crippen LogP) is 2.92. The van der Waals surface area contributed by atoms with Gasteiger partial charge in [0.2, 0.25) is 11.8 Å². The van der Waals surface area contributed by atoms with E-state index in [1.807, 2.05) is 28.0 Å². The van der Waals surface area contributed by atoms with Crippen LogP contribution in [0, 0.1) is 5.92 Å². The third-order valence-corrected chi connectivity index (χ3v) is 5.70. The Kier molecular flexibility index (Phi) is 7.07. The molecule has 0 saturated carbocycles. The average molecular weight is 380 g/mol. The van der Waals surface area contributed by atoms with Crippen LogP contribution in [-0.2, 0) is 9.59 Å². The van der Waals surface area contributed by atoms with Gasteiger partial charge in [0.15, 0.2) is 0 Å². The Hall–Kier alpha value is -1.59. The average Bonchev–Trinajstić information content (AvgIpc) is 3.02. The SMILES string of the molecule is CCC(C)c1ccccc1N1CC(C(=O)N2CCC(N)CC2)CC1=O.Cl. The number of piperidine rings is 1. The molecule has 26 heavy (non-hydrogen) atoms. The third kappa shape index (κ3) is 4.21. The molecule has 1 aromatic carbocycles. The molecule has 0 spiro atoms. The van der Waals surface area contributed by atoms with E-state index in [0.717, 1.165) is 24.9 Å². The molecule has 144 valence electrons. The van der Waals surface area contributed by atoms with Gasteiger partial charge in [-0.15, -0.1) is 12.4 Å². The molecular weight excluding hydrogens is 350 g/mol. The summed E-state index contributed by atoms with van der Waals surface area (Å²) in [7, 11) is 0. The first-order valence-corrected chi connectivity index (χ1v) is 9.45. The number of nitrogens with zero attached hydrogens (tertiary/aromatic N) is 2. The van der Waals surface area contributed by atoms with Crippen LogP contribution in [-0.4, -0.2) is 42.4 Å². The first kappa shape index (κ1) is 20.7. The highest BCUT2D eigenvalue weighted by Crippen LogP contribution is 2.34. The maximum atomic E-state index is 12.8. The van der Waals surface area contributed by atoms with Crippen molar-refractivity contribution in [3.05, 3.63) is 29.8 Å². The zero-order valence-corrected chi connectivity index (χ0v) is 16.5. The van der Waals surface area contributed by atoms with Gasteiger partial charge < -0.3 is 15.5 Å². The van der Waals surface area contributed by atoms with Crippen LogP contribution in [0.2, 0.25) is 0 Å². The lowest BCUT2D eigenvalue weighted by molar-refractivity contribution is -0.136. The number of amides is 2. The second-order valence-electron chi connectivity index (χ2n) is 7.44. The van der Waals surface area contributed by atoms with E-state index in [1.165, 1.54) is 5.56 Å². The molecule has 2 atom stereocenters. The van der Waals surface area contributed by atoms with Crippen LogP contribution in [0.5, 0.6) is 0 Å². The van der Waals surface area contributed by atoms with Crippen molar-refractivity contribution >= 4 is 29.9 Å². The van der Waals surface area contributed by atoms with Crippen LogP contribution < -0.4 is 10.6 Å². The third-order valence-electron chi connectivity index (χ3n) is 5.70. The molecule has 2 aliphatic heterocycles. The van der Waals surface area contributed by atoms with Gasteiger partial charge in [0.05, 0.1) is 5.92 Å². The van der Waals surface area contributed by atoms with Crippen molar-refractivity contribution < 1.29 is 9.59 Å². The van der Waals surface area contributed by atoms with Gasteiger partial charge >= 0.3 is 0 Å². The molecule has 2 aliphatic rings. The van der Waals surface area contributed by atoms with Crippen molar-refractivity contribution in [1.29, 1.82) is 0 Å². The van der Waals surface area contributed by atoms with Gasteiger partial charge in [0.1, 0.15) is 0 Å². The van der Waals surface area contributed by atoms with E-state index in [-0.39, 0.29) is 36.2 Å². The molecule has 2 amide bonds. The van der Waals surface area contributed by atoms with E-state index in [1.54, 1.807) is 0 Å². The van der Waals surface area contributed by atoms with Crippen molar-refractivity contribution in [2.45, 2.75) is 51.5 Å². The first-order chi connectivity index (χ1) is 12.0. The normalized spacial score (nSPS) is 22.3. The van der Waals surface area contributed by atoms with E-state index < -0.39 is 0 Å². The summed E-state index contributed by atoms with van der Waals surface area (Å²) in [6.07, 6.45) is 3.05. The lowest BCUT2D eigenvalue weighted by Crippen LogP contribution is -2.45. The number of carbonyl (C=O) groups is 2. The summed E-state index contributed by atoms with van der Waals surface area (Å²) >= 11 is 0. The van der Waals surface area contributed by atoms with E-state index in [2.05, 4.69) is 19.9 Å². The van der Waals surface area contributed by atoms with E-state index in [0.29, 0.717) is 32.0 Å². The smallest absolute Gasteiger partial charge is 0.228 e. The van der Waals surface area contributed by atoms with Gasteiger partial charge in [-0.3, -0.25) is 9.59 Å². The monoisotopic (exact) mass is 379 g/mol. The summed E-state index contributed by atoms with van der Waals surface area (Å²) in [5.41, 5.74) is 8.09.